The Morgan fingerprint density at radius 2 is 2.06 bits per heavy atom. The summed E-state index contributed by atoms with van der Waals surface area (Å²) in [5.74, 6) is 0. The molecule has 16 heavy (non-hydrogen) atoms. The first-order valence-corrected chi connectivity index (χ1v) is 5.14. The van der Waals surface area contributed by atoms with Crippen LogP contribution in [0.1, 0.15) is 19.5 Å². The fourth-order valence-electron chi connectivity index (χ4n) is 2.17. The lowest BCUT2D eigenvalue weighted by atomic mass is 10.1. The van der Waals surface area contributed by atoms with Crippen molar-refractivity contribution in [3.63, 3.8) is 0 Å². The van der Waals surface area contributed by atoms with Gasteiger partial charge in [0.1, 0.15) is 5.60 Å². The summed E-state index contributed by atoms with van der Waals surface area (Å²) in [6, 6.07) is 7.51. The zero-order chi connectivity index (χ0) is 11.5. The smallest absolute Gasteiger partial charge is 0.419 e. The minimum Gasteiger partial charge on any atom is -0.436 e. The quantitative estimate of drug-likeness (QED) is 0.688. The van der Waals surface area contributed by atoms with Gasteiger partial charge in [-0.3, -0.25) is 0 Å². The summed E-state index contributed by atoms with van der Waals surface area (Å²) in [7, 11) is 0. The zero-order valence-corrected chi connectivity index (χ0v) is 9.15. The second-order valence-corrected chi connectivity index (χ2v) is 4.56. The molecule has 2 aromatic rings. The molecule has 1 aromatic carbocycles. The standard InChI is InChI=1S/C12H12N2O2/c1-12(2)10-5-7-3-4-8(13)6-9(7)14(10)11(15)16-12/h3-6H,13H2,1-2H3. The normalized spacial score (nSPS) is 17.5. The third kappa shape index (κ3) is 1.01. The average molecular weight is 216 g/mol. The molecule has 82 valence electrons. The Hall–Kier alpha value is -1.97. The molecule has 0 amide bonds. The monoisotopic (exact) mass is 216 g/mol. The Bertz CT molecular complexity index is 611. The van der Waals surface area contributed by atoms with E-state index < -0.39 is 5.60 Å². The number of benzene rings is 1. The molecule has 0 atom stereocenters. The molecule has 4 nitrogen and oxygen atoms in total. The minimum atomic E-state index is -0.565. The third-order valence-corrected chi connectivity index (χ3v) is 2.97. The highest BCUT2D eigenvalue weighted by Crippen LogP contribution is 2.37. The second kappa shape index (κ2) is 2.58. The van der Waals surface area contributed by atoms with Gasteiger partial charge in [0, 0.05) is 11.1 Å². The fourth-order valence-corrected chi connectivity index (χ4v) is 2.17. The highest BCUT2D eigenvalue weighted by molar-refractivity contribution is 5.94. The van der Waals surface area contributed by atoms with E-state index in [0.29, 0.717) is 5.69 Å². The highest BCUT2D eigenvalue weighted by atomic mass is 16.6. The lowest BCUT2D eigenvalue weighted by Crippen LogP contribution is -2.15. The van der Waals surface area contributed by atoms with Crippen LogP contribution in [0.25, 0.3) is 10.9 Å². The molecule has 1 aliphatic rings. The van der Waals surface area contributed by atoms with Crippen molar-refractivity contribution in [3.8, 4) is 0 Å². The van der Waals surface area contributed by atoms with Crippen molar-refractivity contribution in [2.24, 2.45) is 0 Å². The van der Waals surface area contributed by atoms with Crippen LogP contribution < -0.4 is 5.73 Å². The van der Waals surface area contributed by atoms with Crippen LogP contribution in [0.4, 0.5) is 10.5 Å². The lowest BCUT2D eigenvalue weighted by Gasteiger charge is -2.14. The van der Waals surface area contributed by atoms with Gasteiger partial charge in [-0.05, 0) is 32.0 Å². The third-order valence-electron chi connectivity index (χ3n) is 2.97. The molecule has 0 fully saturated rings. The summed E-state index contributed by atoms with van der Waals surface area (Å²) >= 11 is 0. The van der Waals surface area contributed by atoms with Gasteiger partial charge in [-0.25, -0.2) is 9.36 Å². The highest BCUT2D eigenvalue weighted by Gasteiger charge is 2.39. The van der Waals surface area contributed by atoms with Crippen LogP contribution in [-0.4, -0.2) is 10.7 Å². The molecule has 1 aliphatic heterocycles. The largest absolute Gasteiger partial charge is 0.436 e. The molecule has 0 unspecified atom stereocenters. The number of anilines is 1. The fraction of sp³-hybridized carbons (Fsp3) is 0.250. The molecule has 2 N–H and O–H groups in total. The molecule has 0 spiro atoms. The summed E-state index contributed by atoms with van der Waals surface area (Å²) < 4.78 is 6.88. The van der Waals surface area contributed by atoms with Crippen molar-refractivity contribution in [1.82, 2.24) is 4.57 Å². The molecule has 1 aromatic heterocycles. The molecule has 3 rings (SSSR count). The van der Waals surface area contributed by atoms with Crippen molar-refractivity contribution < 1.29 is 9.53 Å². The van der Waals surface area contributed by atoms with Crippen LogP contribution in [0, 0.1) is 0 Å². The van der Waals surface area contributed by atoms with Gasteiger partial charge in [0.05, 0.1) is 11.2 Å². The van der Waals surface area contributed by atoms with E-state index in [0.717, 1.165) is 16.6 Å². The number of ether oxygens (including phenoxy) is 1. The molecule has 2 heterocycles. The average Bonchev–Trinajstić information content (AvgIpc) is 2.64. The van der Waals surface area contributed by atoms with E-state index in [9.17, 15) is 4.79 Å². The Morgan fingerprint density at radius 1 is 1.31 bits per heavy atom. The number of carbonyl (C=O) groups is 1. The Morgan fingerprint density at radius 3 is 2.81 bits per heavy atom. The van der Waals surface area contributed by atoms with Crippen molar-refractivity contribution in [3.05, 3.63) is 30.0 Å². The SMILES string of the molecule is CC1(C)OC(=O)n2c1cc1ccc(N)cc12. The second-order valence-electron chi connectivity index (χ2n) is 4.56. The van der Waals surface area contributed by atoms with Gasteiger partial charge in [0.25, 0.3) is 0 Å². The van der Waals surface area contributed by atoms with Gasteiger partial charge in [-0.1, -0.05) is 6.07 Å². The predicted molar refractivity (Wildman–Crippen MR) is 61.3 cm³/mol. The van der Waals surface area contributed by atoms with E-state index in [1.807, 2.05) is 32.0 Å². The van der Waals surface area contributed by atoms with Gasteiger partial charge >= 0.3 is 6.09 Å². The Balaban J connectivity index is 2.42. The van der Waals surface area contributed by atoms with Crippen molar-refractivity contribution >= 4 is 22.7 Å². The number of carbonyl (C=O) groups excluding carboxylic acids is 1. The summed E-state index contributed by atoms with van der Waals surface area (Å²) in [5, 5.41) is 1.01. The van der Waals surface area contributed by atoms with Crippen LogP contribution >= 0.6 is 0 Å². The Labute approximate surface area is 92.6 Å². The summed E-state index contributed by atoms with van der Waals surface area (Å²) in [6.07, 6.45) is -0.333. The number of hydrogen-bond donors (Lipinski definition) is 1. The number of cyclic esters (lactones) is 1. The van der Waals surface area contributed by atoms with Gasteiger partial charge in [-0.15, -0.1) is 0 Å². The molecular formula is C12H12N2O2. The first kappa shape index (κ1) is 9.27. The number of nitrogen functional groups attached to an aromatic ring is 1. The number of fused-ring (bicyclic) bond motifs is 3. The molecule has 4 heteroatoms. The van der Waals surface area contributed by atoms with Crippen LogP contribution in [0.5, 0.6) is 0 Å². The maximum absolute atomic E-state index is 11.8. The topological polar surface area (TPSA) is 57.2 Å². The summed E-state index contributed by atoms with van der Waals surface area (Å²) in [4.78, 5) is 11.8. The van der Waals surface area contributed by atoms with E-state index in [1.165, 1.54) is 0 Å². The molecular weight excluding hydrogens is 204 g/mol. The van der Waals surface area contributed by atoms with Crippen LogP contribution in [0.15, 0.2) is 24.3 Å². The summed E-state index contributed by atoms with van der Waals surface area (Å²) in [6.45, 7) is 3.76. The van der Waals surface area contributed by atoms with Crippen molar-refractivity contribution in [2.75, 3.05) is 5.73 Å². The van der Waals surface area contributed by atoms with Crippen molar-refractivity contribution in [2.45, 2.75) is 19.4 Å². The van der Waals surface area contributed by atoms with E-state index >= 15 is 0 Å². The molecule has 0 saturated carbocycles. The van der Waals surface area contributed by atoms with Crippen molar-refractivity contribution in [1.29, 1.82) is 0 Å². The van der Waals surface area contributed by atoms with E-state index in [4.69, 9.17) is 10.5 Å². The van der Waals surface area contributed by atoms with Crippen LogP contribution in [0.2, 0.25) is 0 Å². The van der Waals surface area contributed by atoms with Gasteiger partial charge < -0.3 is 10.5 Å². The molecule has 0 saturated heterocycles. The van der Waals surface area contributed by atoms with Gasteiger partial charge in [-0.2, -0.15) is 0 Å². The first-order valence-electron chi connectivity index (χ1n) is 5.14. The van der Waals surface area contributed by atoms with E-state index in [2.05, 4.69) is 0 Å². The number of nitrogens with zero attached hydrogens (tertiary/aromatic N) is 1. The maximum atomic E-state index is 11.8. The number of rotatable bonds is 0. The molecule has 0 aliphatic carbocycles. The Kier molecular flexibility index (Phi) is 1.50. The summed E-state index contributed by atoms with van der Waals surface area (Å²) in [5.41, 5.74) is 7.49. The first-order chi connectivity index (χ1) is 7.49. The zero-order valence-electron chi connectivity index (χ0n) is 9.15. The predicted octanol–water partition coefficient (Wildman–Crippen LogP) is 2.46. The maximum Gasteiger partial charge on any atom is 0.419 e. The van der Waals surface area contributed by atoms with Gasteiger partial charge in [0.2, 0.25) is 0 Å². The molecule has 0 bridgehead atoms. The lowest BCUT2D eigenvalue weighted by molar-refractivity contribution is 0.0633. The van der Waals surface area contributed by atoms with Gasteiger partial charge in [0.15, 0.2) is 0 Å². The number of aromatic nitrogens is 1. The minimum absolute atomic E-state index is 0.333. The van der Waals surface area contributed by atoms with E-state index in [1.54, 1.807) is 10.6 Å². The number of hydrogen-bond acceptors (Lipinski definition) is 3. The molecule has 0 radical (unpaired) electrons. The number of nitrogens with two attached hydrogens (primary N) is 1. The van der Waals surface area contributed by atoms with Crippen LogP contribution in [0.3, 0.4) is 0 Å². The van der Waals surface area contributed by atoms with Crippen LogP contribution in [-0.2, 0) is 10.3 Å². The van der Waals surface area contributed by atoms with E-state index in [-0.39, 0.29) is 6.09 Å².